The van der Waals surface area contributed by atoms with Gasteiger partial charge in [0.25, 0.3) is 0 Å². The number of amides is 1. The summed E-state index contributed by atoms with van der Waals surface area (Å²) in [6.45, 7) is 9.86. The van der Waals surface area contributed by atoms with E-state index in [1.54, 1.807) is 6.08 Å². The molecule has 1 unspecified atom stereocenters. The average Bonchev–Trinajstić information content (AvgIpc) is 2.18. The first-order valence-corrected chi connectivity index (χ1v) is 5.33. The molecule has 0 heterocycles. The van der Waals surface area contributed by atoms with Crippen molar-refractivity contribution < 1.29 is 4.79 Å². The lowest BCUT2D eigenvalue weighted by molar-refractivity contribution is -0.110. The highest BCUT2D eigenvalue weighted by atomic mass is 16.1. The molecule has 0 radical (unpaired) electrons. The van der Waals surface area contributed by atoms with Crippen molar-refractivity contribution in [2.24, 2.45) is 0 Å². The van der Waals surface area contributed by atoms with Gasteiger partial charge in [0.05, 0.1) is 6.04 Å². The van der Waals surface area contributed by atoms with E-state index >= 15 is 0 Å². The monoisotopic (exact) mass is 207 g/mol. The standard InChI is InChI=1S/C13H21NO/c1-5-7-9-12(11(3)4)13(8-6-2)14-10-15/h5,7,9-10,13H,1,6,8H2,2-4H3,(H,14,15)/b9-7-. The van der Waals surface area contributed by atoms with Crippen LogP contribution in [0.25, 0.3) is 0 Å². The molecule has 1 amide bonds. The predicted octanol–water partition coefficient (Wildman–Crippen LogP) is 2.98. The molecule has 0 aliphatic rings. The van der Waals surface area contributed by atoms with Crippen molar-refractivity contribution in [3.05, 3.63) is 36.0 Å². The Hall–Kier alpha value is -1.31. The molecule has 0 rings (SSSR count). The molecular weight excluding hydrogens is 186 g/mol. The molecule has 2 nitrogen and oxygen atoms in total. The molecule has 0 aliphatic carbocycles. The van der Waals surface area contributed by atoms with Gasteiger partial charge in [-0.3, -0.25) is 4.79 Å². The summed E-state index contributed by atoms with van der Waals surface area (Å²) in [5, 5.41) is 2.85. The smallest absolute Gasteiger partial charge is 0.207 e. The largest absolute Gasteiger partial charge is 0.352 e. The quantitative estimate of drug-likeness (QED) is 0.504. The lowest BCUT2D eigenvalue weighted by Gasteiger charge is -2.18. The summed E-state index contributed by atoms with van der Waals surface area (Å²) in [5.74, 6) is 0. The molecule has 0 bridgehead atoms. The number of rotatable bonds is 7. The minimum atomic E-state index is 0.119. The Labute approximate surface area is 92.8 Å². The van der Waals surface area contributed by atoms with Crippen LogP contribution in [-0.4, -0.2) is 12.5 Å². The van der Waals surface area contributed by atoms with Crippen LogP contribution in [0.1, 0.15) is 33.6 Å². The molecule has 2 heteroatoms. The first-order valence-electron chi connectivity index (χ1n) is 5.33. The topological polar surface area (TPSA) is 29.1 Å². The summed E-state index contributed by atoms with van der Waals surface area (Å²) < 4.78 is 0. The molecule has 84 valence electrons. The molecule has 0 aromatic rings. The Balaban J connectivity index is 4.83. The molecule has 0 saturated heterocycles. The number of carbonyl (C=O) groups is 1. The Bertz CT molecular complexity index is 260. The summed E-state index contributed by atoms with van der Waals surface area (Å²) in [6.07, 6.45) is 8.43. The zero-order valence-electron chi connectivity index (χ0n) is 9.92. The lowest BCUT2D eigenvalue weighted by atomic mass is 9.98. The third-order valence-electron chi connectivity index (χ3n) is 2.21. The maximum atomic E-state index is 10.5. The first kappa shape index (κ1) is 13.7. The predicted molar refractivity (Wildman–Crippen MR) is 65.6 cm³/mol. The minimum absolute atomic E-state index is 0.119. The zero-order valence-corrected chi connectivity index (χ0v) is 9.92. The molecule has 1 atom stereocenters. The van der Waals surface area contributed by atoms with Crippen molar-refractivity contribution in [3.8, 4) is 0 Å². The minimum Gasteiger partial charge on any atom is -0.352 e. The molecule has 0 spiro atoms. The summed E-state index contributed by atoms with van der Waals surface area (Å²) in [4.78, 5) is 10.5. The van der Waals surface area contributed by atoms with Gasteiger partial charge >= 0.3 is 0 Å². The molecule has 0 fully saturated rings. The fourth-order valence-electron chi connectivity index (χ4n) is 1.50. The molecule has 0 aliphatic heterocycles. The van der Waals surface area contributed by atoms with Gasteiger partial charge in [-0.2, -0.15) is 0 Å². The summed E-state index contributed by atoms with van der Waals surface area (Å²) in [5.41, 5.74) is 2.39. The number of nitrogens with one attached hydrogen (secondary N) is 1. The van der Waals surface area contributed by atoms with Crippen LogP contribution in [0.15, 0.2) is 36.0 Å². The summed E-state index contributed by atoms with van der Waals surface area (Å²) in [7, 11) is 0. The van der Waals surface area contributed by atoms with Crippen molar-refractivity contribution >= 4 is 6.41 Å². The van der Waals surface area contributed by atoms with Gasteiger partial charge in [-0.1, -0.05) is 43.7 Å². The Morgan fingerprint density at radius 2 is 2.13 bits per heavy atom. The van der Waals surface area contributed by atoms with Gasteiger partial charge in [-0.25, -0.2) is 0 Å². The second kappa shape index (κ2) is 8.04. The van der Waals surface area contributed by atoms with Gasteiger partial charge in [-0.05, 0) is 25.8 Å². The van der Waals surface area contributed by atoms with E-state index in [9.17, 15) is 4.79 Å². The average molecular weight is 207 g/mol. The third kappa shape index (κ3) is 5.21. The van der Waals surface area contributed by atoms with Gasteiger partial charge in [0.15, 0.2) is 0 Å². The maximum Gasteiger partial charge on any atom is 0.207 e. The highest BCUT2D eigenvalue weighted by Gasteiger charge is 2.10. The van der Waals surface area contributed by atoms with E-state index in [1.807, 2.05) is 12.2 Å². The van der Waals surface area contributed by atoms with E-state index in [-0.39, 0.29) is 6.04 Å². The van der Waals surface area contributed by atoms with Crippen LogP contribution in [0.5, 0.6) is 0 Å². The van der Waals surface area contributed by atoms with Gasteiger partial charge in [-0.15, -0.1) is 0 Å². The van der Waals surface area contributed by atoms with E-state index in [0.717, 1.165) is 19.3 Å². The molecule has 0 aromatic heterocycles. The van der Waals surface area contributed by atoms with Crippen LogP contribution < -0.4 is 5.32 Å². The second-order valence-electron chi connectivity index (χ2n) is 3.68. The number of hydrogen-bond acceptors (Lipinski definition) is 1. The number of allylic oxidation sites excluding steroid dienone is 3. The second-order valence-corrected chi connectivity index (χ2v) is 3.68. The third-order valence-corrected chi connectivity index (χ3v) is 2.21. The fourth-order valence-corrected chi connectivity index (χ4v) is 1.50. The Kier molecular flexibility index (Phi) is 7.33. The SMILES string of the molecule is C=C/C=C\C(=C(C)C)C(CCC)NC=O. The highest BCUT2D eigenvalue weighted by molar-refractivity contribution is 5.49. The van der Waals surface area contributed by atoms with Gasteiger partial charge < -0.3 is 5.32 Å². The molecule has 0 aromatic carbocycles. The molecular formula is C13H21NO. The van der Waals surface area contributed by atoms with Crippen LogP contribution in [0.2, 0.25) is 0 Å². The van der Waals surface area contributed by atoms with Crippen LogP contribution in [0.3, 0.4) is 0 Å². The highest BCUT2D eigenvalue weighted by Crippen LogP contribution is 2.14. The van der Waals surface area contributed by atoms with Gasteiger partial charge in [0.2, 0.25) is 6.41 Å². The molecule has 0 saturated carbocycles. The fraction of sp³-hybridized carbons (Fsp3) is 0.462. The Morgan fingerprint density at radius 1 is 1.47 bits per heavy atom. The summed E-state index contributed by atoms with van der Waals surface area (Å²) in [6, 6.07) is 0.119. The maximum absolute atomic E-state index is 10.5. The van der Waals surface area contributed by atoms with E-state index in [0.29, 0.717) is 0 Å². The lowest BCUT2D eigenvalue weighted by Crippen LogP contribution is -2.29. The van der Waals surface area contributed by atoms with Crippen LogP contribution in [0, 0.1) is 0 Å². The Morgan fingerprint density at radius 3 is 2.53 bits per heavy atom. The summed E-state index contributed by atoms with van der Waals surface area (Å²) >= 11 is 0. The van der Waals surface area contributed by atoms with Gasteiger partial charge in [0.1, 0.15) is 0 Å². The van der Waals surface area contributed by atoms with Crippen molar-refractivity contribution in [1.29, 1.82) is 0 Å². The molecule has 1 N–H and O–H groups in total. The van der Waals surface area contributed by atoms with Crippen LogP contribution in [-0.2, 0) is 4.79 Å². The van der Waals surface area contributed by atoms with Crippen LogP contribution >= 0.6 is 0 Å². The number of carbonyl (C=O) groups excluding carboxylic acids is 1. The number of hydrogen-bond donors (Lipinski definition) is 1. The van der Waals surface area contributed by atoms with Gasteiger partial charge in [0, 0.05) is 0 Å². The van der Waals surface area contributed by atoms with Crippen molar-refractivity contribution in [3.63, 3.8) is 0 Å². The first-order chi connectivity index (χ1) is 7.17. The van der Waals surface area contributed by atoms with Crippen molar-refractivity contribution in [1.82, 2.24) is 5.32 Å². The van der Waals surface area contributed by atoms with E-state index < -0.39 is 0 Å². The molecule has 15 heavy (non-hydrogen) atoms. The normalized spacial score (nSPS) is 12.2. The van der Waals surface area contributed by atoms with E-state index in [2.05, 4.69) is 32.7 Å². The zero-order chi connectivity index (χ0) is 11.7. The van der Waals surface area contributed by atoms with E-state index in [1.165, 1.54) is 11.1 Å². The van der Waals surface area contributed by atoms with Crippen LogP contribution in [0.4, 0.5) is 0 Å². The van der Waals surface area contributed by atoms with E-state index in [4.69, 9.17) is 0 Å². The van der Waals surface area contributed by atoms with Crippen molar-refractivity contribution in [2.45, 2.75) is 39.7 Å². The van der Waals surface area contributed by atoms with Crippen molar-refractivity contribution in [2.75, 3.05) is 0 Å².